The van der Waals surface area contributed by atoms with Gasteiger partial charge in [-0.3, -0.25) is 0 Å². The summed E-state index contributed by atoms with van der Waals surface area (Å²) in [5, 5.41) is 20.6. The topological polar surface area (TPSA) is 73.4 Å². The van der Waals surface area contributed by atoms with E-state index in [9.17, 15) is 10.5 Å². The molecule has 0 saturated carbocycles. The summed E-state index contributed by atoms with van der Waals surface area (Å²) in [5.41, 5.74) is 6.38. The molecule has 0 aliphatic rings. The van der Waals surface area contributed by atoms with Crippen LogP contribution in [0.5, 0.6) is 0 Å². The molecule has 232 valence electrons. The summed E-state index contributed by atoms with van der Waals surface area (Å²) in [4.78, 5) is 17.3. The molecule has 4 heterocycles. The first-order valence-electron chi connectivity index (χ1n) is 16.1. The molecule has 4 nitrogen and oxygen atoms in total. The van der Waals surface area contributed by atoms with E-state index in [0.29, 0.717) is 11.1 Å². The van der Waals surface area contributed by atoms with Gasteiger partial charge in [-0.15, -0.1) is 22.7 Å². The third kappa shape index (κ3) is 7.32. The zero-order valence-corrected chi connectivity index (χ0v) is 29.5. The van der Waals surface area contributed by atoms with Crippen molar-refractivity contribution >= 4 is 55.0 Å². The quantitative estimate of drug-likeness (QED) is 0.108. The van der Waals surface area contributed by atoms with Crippen LogP contribution >= 0.6 is 45.3 Å². The third-order valence-corrected chi connectivity index (χ3v) is 13.0. The maximum Gasteiger partial charge on any atom is 0.155 e. The van der Waals surface area contributed by atoms with Crippen molar-refractivity contribution in [1.29, 1.82) is 10.5 Å². The van der Waals surface area contributed by atoms with Gasteiger partial charge < -0.3 is 0 Å². The molecule has 0 aliphatic carbocycles. The van der Waals surface area contributed by atoms with Gasteiger partial charge in [0.05, 0.1) is 33.0 Å². The van der Waals surface area contributed by atoms with Crippen LogP contribution in [0, 0.1) is 22.7 Å². The molecular weight excluding hydrogens is 641 g/mol. The maximum absolute atomic E-state index is 9.25. The van der Waals surface area contributed by atoms with Crippen molar-refractivity contribution in [1.82, 2.24) is 9.97 Å². The van der Waals surface area contributed by atoms with Gasteiger partial charge in [0.25, 0.3) is 0 Å². The summed E-state index contributed by atoms with van der Waals surface area (Å²) in [6.45, 7) is 4.50. The summed E-state index contributed by atoms with van der Waals surface area (Å²) in [5.74, 6) is 0. The number of unbranched alkanes of at least 4 members (excludes halogenated alkanes) is 6. The first kappa shape index (κ1) is 32.3. The highest BCUT2D eigenvalue weighted by Gasteiger charge is 2.21. The lowest BCUT2D eigenvalue weighted by molar-refractivity contribution is 0.668. The summed E-state index contributed by atoms with van der Waals surface area (Å²) in [6, 6.07) is 24.9. The van der Waals surface area contributed by atoms with Crippen molar-refractivity contribution in [3.63, 3.8) is 0 Å². The van der Waals surface area contributed by atoms with Crippen molar-refractivity contribution < 1.29 is 0 Å². The SMILES string of the molecule is CCCCCCc1cc(-c2ccc(C#N)cc2)sc1-c1nc2sc(-c3sc(-c4ccc(C#N)cc4)cc3CCCCCC)nc2s1. The lowest BCUT2D eigenvalue weighted by atomic mass is 10.0. The Balaban J connectivity index is 1.32. The summed E-state index contributed by atoms with van der Waals surface area (Å²) in [6.07, 6.45) is 11.9. The highest BCUT2D eigenvalue weighted by Crippen LogP contribution is 2.46. The van der Waals surface area contributed by atoms with Gasteiger partial charge in [-0.1, -0.05) is 99.3 Å². The summed E-state index contributed by atoms with van der Waals surface area (Å²) in [7, 11) is 0. The number of rotatable bonds is 14. The number of nitriles is 2. The van der Waals surface area contributed by atoms with Crippen LogP contribution < -0.4 is 0 Å². The van der Waals surface area contributed by atoms with Crippen molar-refractivity contribution in [3.05, 3.63) is 82.9 Å². The molecule has 0 N–H and O–H groups in total. The molecule has 0 amide bonds. The Bertz CT molecular complexity index is 1820. The molecule has 2 aromatic carbocycles. The van der Waals surface area contributed by atoms with Gasteiger partial charge >= 0.3 is 0 Å². The highest BCUT2D eigenvalue weighted by molar-refractivity contribution is 7.32. The van der Waals surface area contributed by atoms with Crippen LogP contribution in [0.25, 0.3) is 50.3 Å². The Morgan fingerprint density at radius 3 is 1.33 bits per heavy atom. The maximum atomic E-state index is 9.25. The normalized spacial score (nSPS) is 11.2. The van der Waals surface area contributed by atoms with Crippen LogP contribution in [0.4, 0.5) is 0 Å². The average Bonchev–Trinajstić information content (AvgIpc) is 3.88. The Hall–Kier alpha value is -3.66. The van der Waals surface area contributed by atoms with Crippen molar-refractivity contribution in [2.75, 3.05) is 0 Å². The van der Waals surface area contributed by atoms with Gasteiger partial charge in [-0.25, -0.2) is 9.97 Å². The van der Waals surface area contributed by atoms with Crippen molar-refractivity contribution in [2.24, 2.45) is 0 Å². The molecule has 6 rings (SSSR count). The minimum Gasteiger partial charge on any atom is -0.222 e. The van der Waals surface area contributed by atoms with Gasteiger partial charge in [0.15, 0.2) is 9.66 Å². The Morgan fingerprint density at radius 1 is 0.543 bits per heavy atom. The number of thiazole rings is 2. The van der Waals surface area contributed by atoms with Crippen LogP contribution in [-0.4, -0.2) is 9.97 Å². The van der Waals surface area contributed by atoms with Crippen LogP contribution in [-0.2, 0) is 12.8 Å². The second-order valence-corrected chi connectivity index (χ2v) is 15.6. The van der Waals surface area contributed by atoms with Crippen LogP contribution in [0.15, 0.2) is 60.7 Å². The molecule has 0 radical (unpaired) electrons. The Kier molecular flexibility index (Phi) is 10.7. The van der Waals surface area contributed by atoms with Gasteiger partial charge in [0, 0.05) is 9.75 Å². The molecule has 6 aromatic rings. The second kappa shape index (κ2) is 15.3. The molecule has 0 unspecified atom stereocenters. The fourth-order valence-electron chi connectivity index (χ4n) is 5.61. The predicted octanol–water partition coefficient (Wildman–Crippen LogP) is 12.5. The van der Waals surface area contributed by atoms with Gasteiger partial charge in [-0.2, -0.15) is 10.5 Å². The predicted molar refractivity (Wildman–Crippen MR) is 198 cm³/mol. The zero-order valence-electron chi connectivity index (χ0n) is 26.3. The molecule has 0 fully saturated rings. The third-order valence-electron chi connectivity index (χ3n) is 8.18. The summed E-state index contributed by atoms with van der Waals surface area (Å²) >= 11 is 7.02. The molecule has 0 atom stereocenters. The highest BCUT2D eigenvalue weighted by atomic mass is 32.1. The fraction of sp³-hybridized carbons (Fsp3) is 0.316. The molecular formula is C38H36N4S4. The number of nitrogens with zero attached hydrogens (tertiary/aromatic N) is 4. The first-order chi connectivity index (χ1) is 22.6. The van der Waals surface area contributed by atoms with Crippen molar-refractivity contribution in [3.8, 4) is 52.8 Å². The van der Waals surface area contributed by atoms with E-state index in [2.05, 4.69) is 62.4 Å². The monoisotopic (exact) mass is 676 g/mol. The molecule has 8 heteroatoms. The molecule has 0 saturated heterocycles. The minimum absolute atomic E-state index is 0.682. The Labute approximate surface area is 287 Å². The molecule has 0 bridgehead atoms. The molecule has 0 aliphatic heterocycles. The number of fused-ring (bicyclic) bond motifs is 1. The number of hydrogen-bond donors (Lipinski definition) is 0. The molecule has 0 spiro atoms. The second-order valence-electron chi connectivity index (χ2n) is 11.6. The zero-order chi connectivity index (χ0) is 31.9. The smallest absolute Gasteiger partial charge is 0.155 e. The molecule has 46 heavy (non-hydrogen) atoms. The summed E-state index contributed by atoms with van der Waals surface area (Å²) < 4.78 is 0. The van der Waals surface area contributed by atoms with Gasteiger partial charge in [-0.05, 0) is 84.3 Å². The average molecular weight is 677 g/mol. The largest absolute Gasteiger partial charge is 0.222 e. The van der Waals surface area contributed by atoms with Gasteiger partial charge in [0.2, 0.25) is 0 Å². The number of hydrogen-bond acceptors (Lipinski definition) is 8. The van der Waals surface area contributed by atoms with E-state index in [0.717, 1.165) is 43.6 Å². The number of thiophene rings is 2. The lowest BCUT2D eigenvalue weighted by Crippen LogP contribution is -1.86. The number of benzene rings is 2. The van der Waals surface area contributed by atoms with E-state index >= 15 is 0 Å². The molecule has 4 aromatic heterocycles. The van der Waals surface area contributed by atoms with E-state index in [1.807, 2.05) is 24.3 Å². The van der Waals surface area contributed by atoms with Crippen LogP contribution in [0.3, 0.4) is 0 Å². The number of aryl methyl sites for hydroxylation is 2. The van der Waals surface area contributed by atoms with Crippen LogP contribution in [0.2, 0.25) is 0 Å². The van der Waals surface area contributed by atoms with E-state index < -0.39 is 0 Å². The minimum atomic E-state index is 0.682. The van der Waals surface area contributed by atoms with Gasteiger partial charge in [0.1, 0.15) is 10.0 Å². The number of aromatic nitrogens is 2. The lowest BCUT2D eigenvalue weighted by Gasteiger charge is -2.02. The van der Waals surface area contributed by atoms with E-state index in [1.54, 1.807) is 45.3 Å². The van der Waals surface area contributed by atoms with E-state index in [4.69, 9.17) is 9.97 Å². The van der Waals surface area contributed by atoms with E-state index in [1.165, 1.54) is 82.0 Å². The van der Waals surface area contributed by atoms with E-state index in [-0.39, 0.29) is 0 Å². The Morgan fingerprint density at radius 2 is 0.957 bits per heavy atom. The fourth-order valence-corrected chi connectivity index (χ4v) is 10.3. The first-order valence-corrected chi connectivity index (χ1v) is 19.4. The van der Waals surface area contributed by atoms with Crippen molar-refractivity contribution in [2.45, 2.75) is 78.1 Å². The van der Waals surface area contributed by atoms with Crippen LogP contribution in [0.1, 0.15) is 87.5 Å². The standard InChI is InChI=1S/C38H36N4S4/c1-3-5-7-9-11-29-21-31(27-17-13-25(23-39)14-18-27)43-33(29)35-41-37-38(45-35)42-36(46-37)34-30(12-10-8-6-4-2)22-32(44-34)28-19-15-26(24-40)16-20-28/h13-22H,3-12H2,1-2H3.